The van der Waals surface area contributed by atoms with Crippen LogP contribution in [0.4, 0.5) is 16.2 Å². The van der Waals surface area contributed by atoms with Crippen molar-refractivity contribution in [1.29, 1.82) is 0 Å². The molecule has 0 radical (unpaired) electrons. The Balaban J connectivity index is 1.72. The molecule has 0 saturated heterocycles. The van der Waals surface area contributed by atoms with Gasteiger partial charge in [-0.2, -0.15) is 8.42 Å². The minimum Gasteiger partial charge on any atom is -0.494 e. The van der Waals surface area contributed by atoms with Crippen molar-refractivity contribution in [2.75, 3.05) is 17.2 Å². The minimum absolute atomic E-state index is 0.00650. The van der Waals surface area contributed by atoms with E-state index < -0.39 is 16.1 Å². The zero-order chi connectivity index (χ0) is 21.4. The summed E-state index contributed by atoms with van der Waals surface area (Å²) in [5.74, 6) is 0.586. The summed E-state index contributed by atoms with van der Waals surface area (Å²) in [5.41, 5.74) is 0.823. The van der Waals surface area contributed by atoms with Crippen LogP contribution in [0.15, 0.2) is 83.8 Å². The molecule has 0 spiro atoms. The molecule has 3 aromatic rings. The molecule has 0 fully saturated rings. The minimum atomic E-state index is -4.10. The average molecular weight is 426 g/mol. The van der Waals surface area contributed by atoms with Gasteiger partial charge in [-0.05, 0) is 55.0 Å². The van der Waals surface area contributed by atoms with Crippen LogP contribution in [0.3, 0.4) is 0 Å². The first kappa shape index (κ1) is 21.2. The highest BCUT2D eigenvalue weighted by atomic mass is 32.2. The van der Waals surface area contributed by atoms with Gasteiger partial charge in [0.2, 0.25) is 0 Å². The molecule has 3 aromatic carbocycles. The fraction of sp³-hybridized carbons (Fsp3) is 0.136. The molecule has 8 heteroatoms. The van der Waals surface area contributed by atoms with E-state index in [9.17, 15) is 13.2 Å². The Morgan fingerprint density at radius 3 is 2.23 bits per heavy atom. The van der Waals surface area contributed by atoms with Gasteiger partial charge in [0.1, 0.15) is 10.6 Å². The van der Waals surface area contributed by atoms with Crippen LogP contribution in [0.25, 0.3) is 0 Å². The average Bonchev–Trinajstić information content (AvgIpc) is 2.74. The molecule has 2 amide bonds. The fourth-order valence-corrected chi connectivity index (χ4v) is 3.48. The lowest BCUT2D eigenvalue weighted by atomic mass is 10.3. The van der Waals surface area contributed by atoms with E-state index >= 15 is 0 Å². The molecule has 0 atom stereocenters. The van der Waals surface area contributed by atoms with Crippen LogP contribution in [0.5, 0.6) is 11.5 Å². The number of para-hydroxylation sites is 3. The van der Waals surface area contributed by atoms with Crippen molar-refractivity contribution >= 4 is 27.5 Å². The molecule has 0 aliphatic heterocycles. The summed E-state index contributed by atoms with van der Waals surface area (Å²) in [6.45, 7) is 2.53. The van der Waals surface area contributed by atoms with Gasteiger partial charge >= 0.3 is 16.1 Å². The number of urea groups is 1. The molecule has 0 unspecified atom stereocenters. The number of ether oxygens (including phenoxy) is 1. The Morgan fingerprint density at radius 2 is 1.53 bits per heavy atom. The second-order valence-electron chi connectivity index (χ2n) is 6.30. The van der Waals surface area contributed by atoms with Gasteiger partial charge in [0.15, 0.2) is 5.75 Å². The van der Waals surface area contributed by atoms with Gasteiger partial charge in [0, 0.05) is 5.69 Å². The molecule has 0 aromatic heterocycles. The predicted molar refractivity (Wildman–Crippen MR) is 116 cm³/mol. The lowest BCUT2D eigenvalue weighted by Gasteiger charge is -2.13. The molecule has 0 saturated carbocycles. The molecule has 0 aliphatic carbocycles. The quantitative estimate of drug-likeness (QED) is 0.500. The third-order valence-corrected chi connectivity index (χ3v) is 5.20. The van der Waals surface area contributed by atoms with Crippen LogP contribution < -0.4 is 19.6 Å². The SMILES string of the molecule is CCCOc1ccc(S(=O)(=O)Oc2ccccc2NC(=O)Nc2ccccc2)cc1. The Hall–Kier alpha value is -3.52. The first-order valence-electron chi connectivity index (χ1n) is 9.37. The molecular weight excluding hydrogens is 404 g/mol. The maximum absolute atomic E-state index is 12.7. The van der Waals surface area contributed by atoms with Gasteiger partial charge in [0.05, 0.1) is 12.3 Å². The summed E-state index contributed by atoms with van der Waals surface area (Å²) < 4.78 is 36.1. The molecule has 156 valence electrons. The first-order valence-corrected chi connectivity index (χ1v) is 10.8. The van der Waals surface area contributed by atoms with Crippen LogP contribution in [0.2, 0.25) is 0 Å². The van der Waals surface area contributed by atoms with Crippen molar-refractivity contribution in [3.63, 3.8) is 0 Å². The van der Waals surface area contributed by atoms with Crippen molar-refractivity contribution in [3.05, 3.63) is 78.9 Å². The maximum atomic E-state index is 12.7. The molecular formula is C22H22N2O5S. The van der Waals surface area contributed by atoms with Crippen molar-refractivity contribution in [3.8, 4) is 11.5 Å². The summed E-state index contributed by atoms with van der Waals surface area (Å²) in [6.07, 6.45) is 0.852. The standard InChI is InChI=1S/C22H22N2O5S/c1-2-16-28-18-12-14-19(15-13-18)30(26,27)29-21-11-7-6-10-20(21)24-22(25)23-17-8-4-3-5-9-17/h3-15H,2,16H2,1H3,(H2,23,24,25). The third kappa shape index (κ3) is 5.74. The lowest BCUT2D eigenvalue weighted by Crippen LogP contribution is -2.20. The van der Waals surface area contributed by atoms with Crippen LogP contribution in [0.1, 0.15) is 13.3 Å². The van der Waals surface area contributed by atoms with Gasteiger partial charge in [-0.3, -0.25) is 0 Å². The molecule has 0 aliphatic rings. The maximum Gasteiger partial charge on any atom is 0.339 e. The second kappa shape index (κ2) is 9.80. The summed E-state index contributed by atoms with van der Waals surface area (Å²) in [7, 11) is -4.10. The van der Waals surface area contributed by atoms with Crippen LogP contribution >= 0.6 is 0 Å². The second-order valence-corrected chi connectivity index (χ2v) is 7.84. The number of hydrogen-bond donors (Lipinski definition) is 2. The van der Waals surface area contributed by atoms with Gasteiger partial charge in [-0.25, -0.2) is 4.79 Å². The Morgan fingerprint density at radius 1 is 0.867 bits per heavy atom. The van der Waals surface area contributed by atoms with E-state index in [0.29, 0.717) is 18.0 Å². The van der Waals surface area contributed by atoms with Gasteiger partial charge < -0.3 is 19.6 Å². The van der Waals surface area contributed by atoms with Gasteiger partial charge in [-0.1, -0.05) is 37.3 Å². The monoisotopic (exact) mass is 426 g/mol. The lowest BCUT2D eigenvalue weighted by molar-refractivity contribution is 0.262. The molecule has 30 heavy (non-hydrogen) atoms. The number of benzene rings is 3. The van der Waals surface area contributed by atoms with E-state index in [1.807, 2.05) is 13.0 Å². The summed E-state index contributed by atoms with van der Waals surface area (Å²) in [6, 6.07) is 20.6. The predicted octanol–water partition coefficient (Wildman–Crippen LogP) is 4.89. The van der Waals surface area contributed by atoms with Crippen LogP contribution in [0, 0.1) is 0 Å². The van der Waals surface area contributed by atoms with Gasteiger partial charge in [0.25, 0.3) is 0 Å². The van der Waals surface area contributed by atoms with E-state index in [-0.39, 0.29) is 16.3 Å². The molecule has 7 nitrogen and oxygen atoms in total. The molecule has 2 N–H and O–H groups in total. The van der Waals surface area contributed by atoms with Crippen molar-refractivity contribution in [1.82, 2.24) is 0 Å². The highest BCUT2D eigenvalue weighted by Gasteiger charge is 2.19. The largest absolute Gasteiger partial charge is 0.494 e. The Labute approximate surface area is 175 Å². The number of carbonyl (C=O) groups excluding carboxylic acids is 1. The third-order valence-electron chi connectivity index (χ3n) is 3.95. The molecule has 0 bridgehead atoms. The Kier molecular flexibility index (Phi) is 6.92. The zero-order valence-electron chi connectivity index (χ0n) is 16.4. The zero-order valence-corrected chi connectivity index (χ0v) is 17.2. The number of rotatable bonds is 8. The normalized spacial score (nSPS) is 10.8. The highest BCUT2D eigenvalue weighted by Crippen LogP contribution is 2.28. The van der Waals surface area contributed by atoms with E-state index in [4.69, 9.17) is 8.92 Å². The van der Waals surface area contributed by atoms with Gasteiger partial charge in [-0.15, -0.1) is 0 Å². The van der Waals surface area contributed by atoms with E-state index in [2.05, 4.69) is 10.6 Å². The molecule has 0 heterocycles. The van der Waals surface area contributed by atoms with E-state index in [0.717, 1.165) is 6.42 Å². The summed E-state index contributed by atoms with van der Waals surface area (Å²) in [5, 5.41) is 5.27. The fourth-order valence-electron chi connectivity index (χ4n) is 2.54. The number of anilines is 2. The summed E-state index contributed by atoms with van der Waals surface area (Å²) >= 11 is 0. The number of amides is 2. The van der Waals surface area contributed by atoms with Crippen molar-refractivity contribution in [2.45, 2.75) is 18.2 Å². The van der Waals surface area contributed by atoms with Crippen LogP contribution in [-0.4, -0.2) is 21.1 Å². The number of carbonyl (C=O) groups is 1. The smallest absolute Gasteiger partial charge is 0.339 e. The topological polar surface area (TPSA) is 93.7 Å². The van der Waals surface area contributed by atoms with E-state index in [1.165, 1.54) is 18.2 Å². The highest BCUT2D eigenvalue weighted by molar-refractivity contribution is 7.87. The number of nitrogens with one attached hydrogen (secondary N) is 2. The summed E-state index contributed by atoms with van der Waals surface area (Å²) in [4.78, 5) is 12.2. The van der Waals surface area contributed by atoms with Crippen LogP contribution in [-0.2, 0) is 10.1 Å². The molecule has 3 rings (SSSR count). The van der Waals surface area contributed by atoms with Crippen molar-refractivity contribution < 1.29 is 22.1 Å². The number of hydrogen-bond acceptors (Lipinski definition) is 5. The first-order chi connectivity index (χ1) is 14.5. The Bertz CT molecular complexity index is 1080. The van der Waals surface area contributed by atoms with E-state index in [1.54, 1.807) is 54.6 Å². The van der Waals surface area contributed by atoms with Crippen molar-refractivity contribution in [2.24, 2.45) is 0 Å².